The molecule has 0 aromatic carbocycles. The molecule has 0 aliphatic heterocycles. The molecule has 8 nitrogen and oxygen atoms in total. The third-order valence-electron chi connectivity index (χ3n) is 5.22. The Morgan fingerprint density at radius 1 is 0.600 bits per heavy atom. The summed E-state index contributed by atoms with van der Waals surface area (Å²) >= 11 is -2.63. The van der Waals surface area contributed by atoms with E-state index in [1.165, 1.54) is 35.9 Å². The minimum absolute atomic E-state index is 0.222. The van der Waals surface area contributed by atoms with E-state index in [-0.39, 0.29) is 49.6 Å². The van der Waals surface area contributed by atoms with Gasteiger partial charge < -0.3 is 0 Å². The van der Waals surface area contributed by atoms with Gasteiger partial charge in [0.25, 0.3) is 0 Å². The van der Waals surface area contributed by atoms with Crippen LogP contribution in [0.4, 0.5) is 0 Å². The van der Waals surface area contributed by atoms with Crippen molar-refractivity contribution in [1.82, 2.24) is 0 Å². The molecular formula is C24H44O8S2Sn. The first-order valence-electron chi connectivity index (χ1n) is 12.5. The van der Waals surface area contributed by atoms with Crippen molar-refractivity contribution in [3.8, 4) is 0 Å². The van der Waals surface area contributed by atoms with Crippen molar-refractivity contribution < 1.29 is 38.1 Å². The van der Waals surface area contributed by atoms with Gasteiger partial charge in [0.2, 0.25) is 0 Å². The number of carbonyl (C=O) groups is 4. The van der Waals surface area contributed by atoms with Gasteiger partial charge in [0.05, 0.1) is 0 Å². The minimum atomic E-state index is -2.63. The zero-order chi connectivity index (χ0) is 26.4. The number of ether oxygens (including phenoxy) is 4. The summed E-state index contributed by atoms with van der Waals surface area (Å²) in [5, 5.41) is 0. The second-order valence-corrected chi connectivity index (χ2v) is 34.7. The maximum absolute atomic E-state index is 11.9. The monoisotopic (exact) mass is 644 g/mol. The molecule has 0 rings (SSSR count). The van der Waals surface area contributed by atoms with Gasteiger partial charge in [-0.1, -0.05) is 0 Å². The van der Waals surface area contributed by atoms with Crippen molar-refractivity contribution in [3.63, 3.8) is 0 Å². The fourth-order valence-corrected chi connectivity index (χ4v) is 33.1. The number of rotatable bonds is 22. The van der Waals surface area contributed by atoms with Crippen molar-refractivity contribution in [2.45, 2.75) is 86.9 Å². The molecule has 0 radical (unpaired) electrons. The third kappa shape index (κ3) is 19.2. The molecule has 0 fully saturated rings. The van der Waals surface area contributed by atoms with Crippen molar-refractivity contribution in [3.05, 3.63) is 0 Å². The van der Waals surface area contributed by atoms with E-state index < -0.39 is 15.6 Å². The molecule has 0 aliphatic carbocycles. The van der Waals surface area contributed by atoms with Crippen molar-refractivity contribution in [2.24, 2.45) is 0 Å². The molecule has 0 aromatic heterocycles. The predicted octanol–water partition coefficient (Wildman–Crippen LogP) is 5.27. The van der Waals surface area contributed by atoms with Gasteiger partial charge in [0.1, 0.15) is 0 Å². The zero-order valence-corrected chi connectivity index (χ0v) is 26.4. The fourth-order valence-electron chi connectivity index (χ4n) is 3.22. The SMILES string of the molecule is CCC[CH2][Sn]([CH2]CCC)([S]CCOC(=O)CCCC(=O)OC)[S]CCOC(=O)CCCC(=O)OC. The van der Waals surface area contributed by atoms with Crippen molar-refractivity contribution in [2.75, 3.05) is 38.9 Å². The Morgan fingerprint density at radius 2 is 0.971 bits per heavy atom. The number of esters is 4. The number of methoxy groups -OCH3 is 2. The van der Waals surface area contributed by atoms with Crippen LogP contribution >= 0.6 is 17.9 Å². The van der Waals surface area contributed by atoms with E-state index in [2.05, 4.69) is 23.3 Å². The summed E-state index contributed by atoms with van der Waals surface area (Å²) in [6.45, 7) is 5.18. The van der Waals surface area contributed by atoms with Crippen LogP contribution in [0, 0.1) is 0 Å². The van der Waals surface area contributed by atoms with Crippen LogP contribution in [0.25, 0.3) is 0 Å². The van der Waals surface area contributed by atoms with Crippen molar-refractivity contribution >= 4 is 57.4 Å². The van der Waals surface area contributed by atoms with Crippen LogP contribution < -0.4 is 0 Å². The second kappa shape index (κ2) is 22.6. The molecule has 0 heterocycles. The molecule has 0 unspecified atom stereocenters. The standard InChI is InChI=1S/2C8H14O4S.2C4H9.Sn/c2*1-11-7(9)3-2-4-8(10)12-5-6-13;2*1-3-4-2;/h2*13H,2-6H2,1H3;2*1,3-4H2,2H3;/q;;;;+2/p-2. The van der Waals surface area contributed by atoms with Crippen LogP contribution in [0.1, 0.15) is 78.1 Å². The van der Waals surface area contributed by atoms with E-state index in [1.54, 1.807) is 0 Å². The summed E-state index contributed by atoms with van der Waals surface area (Å²) in [6.07, 6.45) is 6.45. The van der Waals surface area contributed by atoms with Gasteiger partial charge in [-0.3, -0.25) is 0 Å². The van der Waals surface area contributed by atoms with E-state index in [4.69, 9.17) is 9.47 Å². The molecule has 0 aromatic rings. The van der Waals surface area contributed by atoms with E-state index in [0.717, 1.165) is 24.3 Å². The molecule has 35 heavy (non-hydrogen) atoms. The Bertz CT molecular complexity index is 566. The molecule has 0 saturated carbocycles. The molecule has 0 spiro atoms. The van der Waals surface area contributed by atoms with Gasteiger partial charge in [0, 0.05) is 0 Å². The van der Waals surface area contributed by atoms with Crippen LogP contribution in [0.3, 0.4) is 0 Å². The molecule has 204 valence electrons. The Hall–Kier alpha value is -0.621. The van der Waals surface area contributed by atoms with Gasteiger partial charge in [-0.25, -0.2) is 0 Å². The first kappa shape index (κ1) is 34.4. The quantitative estimate of drug-likeness (QED) is 0.0671. The number of carbonyl (C=O) groups excluding carboxylic acids is 4. The van der Waals surface area contributed by atoms with Gasteiger partial charge in [-0.15, -0.1) is 0 Å². The first-order chi connectivity index (χ1) is 16.8. The number of hydrogen-bond donors (Lipinski definition) is 0. The van der Waals surface area contributed by atoms with Crippen LogP contribution in [-0.2, 0) is 38.1 Å². The summed E-state index contributed by atoms with van der Waals surface area (Å²) in [4.78, 5) is 46.2. The number of unbranched alkanes of at least 4 members (excludes halogenated alkanes) is 2. The molecule has 0 atom stereocenters. The molecule has 11 heteroatoms. The summed E-state index contributed by atoms with van der Waals surface area (Å²) < 4.78 is 22.4. The van der Waals surface area contributed by atoms with Crippen LogP contribution in [0.5, 0.6) is 0 Å². The average Bonchev–Trinajstić information content (AvgIpc) is 2.86. The molecule has 0 aliphatic rings. The molecule has 0 saturated heterocycles. The normalized spacial score (nSPS) is 11.1. The maximum atomic E-state index is 11.9. The van der Waals surface area contributed by atoms with E-state index in [0.29, 0.717) is 26.1 Å². The predicted molar refractivity (Wildman–Crippen MR) is 144 cm³/mol. The van der Waals surface area contributed by atoms with Crippen molar-refractivity contribution in [1.29, 1.82) is 0 Å². The summed E-state index contributed by atoms with van der Waals surface area (Å²) in [7, 11) is 6.74. The molecular weight excluding hydrogens is 599 g/mol. The van der Waals surface area contributed by atoms with Crippen LogP contribution in [-0.4, -0.2) is 78.4 Å². The summed E-state index contributed by atoms with van der Waals surface area (Å²) in [6, 6.07) is 0. The first-order valence-corrected chi connectivity index (χ1v) is 25.5. The van der Waals surface area contributed by atoms with Gasteiger partial charge in [-0.2, -0.15) is 0 Å². The Morgan fingerprint density at radius 3 is 1.31 bits per heavy atom. The van der Waals surface area contributed by atoms with Gasteiger partial charge >= 0.3 is 221 Å². The average molecular weight is 643 g/mol. The molecule has 0 bridgehead atoms. The van der Waals surface area contributed by atoms with Gasteiger partial charge in [-0.05, 0) is 0 Å². The zero-order valence-electron chi connectivity index (χ0n) is 21.9. The van der Waals surface area contributed by atoms with E-state index in [9.17, 15) is 19.2 Å². The second-order valence-electron chi connectivity index (χ2n) is 8.12. The summed E-state index contributed by atoms with van der Waals surface area (Å²) in [5.41, 5.74) is 0. The van der Waals surface area contributed by atoms with Crippen LogP contribution in [0.15, 0.2) is 0 Å². The van der Waals surface area contributed by atoms with Crippen LogP contribution in [0.2, 0.25) is 8.87 Å². The van der Waals surface area contributed by atoms with E-state index in [1.807, 2.05) is 17.9 Å². The molecule has 0 amide bonds. The Kier molecular flexibility index (Phi) is 22.2. The third-order valence-corrected chi connectivity index (χ3v) is 36.1. The summed E-state index contributed by atoms with van der Waals surface area (Å²) in [5.74, 6) is 0.387. The Balaban J connectivity index is 4.55. The Labute approximate surface area is 220 Å². The van der Waals surface area contributed by atoms with Gasteiger partial charge in [0.15, 0.2) is 0 Å². The van der Waals surface area contributed by atoms with E-state index >= 15 is 0 Å². The molecule has 0 N–H and O–H groups in total. The fraction of sp³-hybridized carbons (Fsp3) is 0.833. The topological polar surface area (TPSA) is 105 Å². The number of hydrogen-bond acceptors (Lipinski definition) is 10.